The molecule has 0 aromatic heterocycles. The lowest BCUT2D eigenvalue weighted by Crippen LogP contribution is -2.53. The highest BCUT2D eigenvalue weighted by Crippen LogP contribution is 2.40. The molecule has 158 valence electrons. The van der Waals surface area contributed by atoms with E-state index in [1.807, 2.05) is 15.9 Å². The minimum atomic E-state index is -0.309. The van der Waals surface area contributed by atoms with Gasteiger partial charge in [-0.3, -0.25) is 14.5 Å². The van der Waals surface area contributed by atoms with Crippen molar-refractivity contribution in [3.8, 4) is 0 Å². The quantitative estimate of drug-likeness (QED) is 0.722. The standard InChI is InChI=1S/C22H30FN3O3/c1-29-22(28)20-14-16-6-2-4-8-18(16)26(20)15-21(27)25-12-10-24(11-13-25)19-9-5-3-7-17(19)23/h3,5,7,9,16,18,20H,2,4,6,8,10-15H2,1H3/t16-,18+,20-/m1/s1. The molecule has 0 N–H and O–H groups in total. The number of anilines is 1. The molecule has 1 aromatic rings. The van der Waals surface area contributed by atoms with E-state index in [2.05, 4.69) is 4.90 Å². The average molecular weight is 403 g/mol. The number of benzene rings is 1. The van der Waals surface area contributed by atoms with Crippen molar-refractivity contribution in [1.29, 1.82) is 0 Å². The van der Waals surface area contributed by atoms with Crippen LogP contribution in [0.15, 0.2) is 24.3 Å². The third-order valence-corrected chi connectivity index (χ3v) is 6.84. The Bertz CT molecular complexity index is 751. The van der Waals surface area contributed by atoms with Gasteiger partial charge in [0.05, 0.1) is 19.3 Å². The van der Waals surface area contributed by atoms with Crippen LogP contribution >= 0.6 is 0 Å². The summed E-state index contributed by atoms with van der Waals surface area (Å²) in [6.07, 6.45) is 5.33. The van der Waals surface area contributed by atoms with Crippen molar-refractivity contribution in [3.63, 3.8) is 0 Å². The first-order valence-electron chi connectivity index (χ1n) is 10.7. The molecule has 2 saturated heterocycles. The van der Waals surface area contributed by atoms with Gasteiger partial charge in [-0.05, 0) is 37.3 Å². The molecule has 1 aromatic carbocycles. The molecule has 3 fully saturated rings. The fraction of sp³-hybridized carbons (Fsp3) is 0.636. The number of ether oxygens (including phenoxy) is 1. The van der Waals surface area contributed by atoms with Gasteiger partial charge in [0.2, 0.25) is 5.91 Å². The highest BCUT2D eigenvalue weighted by atomic mass is 19.1. The van der Waals surface area contributed by atoms with Gasteiger partial charge in [0.15, 0.2) is 0 Å². The number of methoxy groups -OCH3 is 1. The van der Waals surface area contributed by atoms with Gasteiger partial charge in [-0.25, -0.2) is 4.39 Å². The Labute approximate surface area is 171 Å². The maximum Gasteiger partial charge on any atom is 0.323 e. The summed E-state index contributed by atoms with van der Waals surface area (Å²) in [6, 6.07) is 6.75. The van der Waals surface area contributed by atoms with E-state index in [-0.39, 0.29) is 30.3 Å². The number of likely N-dealkylation sites (tertiary alicyclic amines) is 1. The Morgan fingerprint density at radius 3 is 2.55 bits per heavy atom. The Balaban J connectivity index is 1.38. The summed E-state index contributed by atoms with van der Waals surface area (Å²) in [4.78, 5) is 31.3. The average Bonchev–Trinajstić information content (AvgIpc) is 3.12. The fourth-order valence-electron chi connectivity index (χ4n) is 5.31. The van der Waals surface area contributed by atoms with Crippen LogP contribution in [-0.2, 0) is 14.3 Å². The summed E-state index contributed by atoms with van der Waals surface area (Å²) in [7, 11) is 1.42. The molecule has 0 radical (unpaired) electrons. The Morgan fingerprint density at radius 2 is 1.83 bits per heavy atom. The van der Waals surface area contributed by atoms with Crippen molar-refractivity contribution >= 4 is 17.6 Å². The van der Waals surface area contributed by atoms with Crippen LogP contribution in [0.1, 0.15) is 32.1 Å². The minimum Gasteiger partial charge on any atom is -0.468 e. The Morgan fingerprint density at radius 1 is 1.10 bits per heavy atom. The van der Waals surface area contributed by atoms with Crippen LogP contribution < -0.4 is 4.90 Å². The molecule has 1 saturated carbocycles. The molecule has 0 spiro atoms. The zero-order chi connectivity index (χ0) is 20.4. The summed E-state index contributed by atoms with van der Waals surface area (Å²) in [5.41, 5.74) is 0.593. The topological polar surface area (TPSA) is 53.1 Å². The number of esters is 1. The first kappa shape index (κ1) is 20.1. The summed E-state index contributed by atoms with van der Waals surface area (Å²) in [6.45, 7) is 2.62. The third-order valence-electron chi connectivity index (χ3n) is 6.84. The molecule has 2 aliphatic heterocycles. The summed E-state index contributed by atoms with van der Waals surface area (Å²) >= 11 is 0. The zero-order valence-corrected chi connectivity index (χ0v) is 17.1. The highest BCUT2D eigenvalue weighted by molar-refractivity contribution is 5.81. The highest BCUT2D eigenvalue weighted by Gasteiger charge is 2.46. The van der Waals surface area contributed by atoms with Gasteiger partial charge in [0.25, 0.3) is 0 Å². The van der Waals surface area contributed by atoms with Crippen LogP contribution in [0.25, 0.3) is 0 Å². The second kappa shape index (κ2) is 8.69. The summed E-state index contributed by atoms with van der Waals surface area (Å²) < 4.78 is 19.1. The maximum absolute atomic E-state index is 14.0. The molecule has 29 heavy (non-hydrogen) atoms. The summed E-state index contributed by atoms with van der Waals surface area (Å²) in [5, 5.41) is 0. The van der Waals surface area contributed by atoms with Crippen molar-refractivity contribution in [2.24, 2.45) is 5.92 Å². The number of piperazine rings is 1. The number of para-hydroxylation sites is 1. The number of hydrogen-bond donors (Lipinski definition) is 0. The van der Waals surface area contributed by atoms with Crippen molar-refractivity contribution in [2.75, 3.05) is 44.7 Å². The minimum absolute atomic E-state index is 0.0540. The van der Waals surface area contributed by atoms with Gasteiger partial charge in [0, 0.05) is 32.2 Å². The summed E-state index contributed by atoms with van der Waals surface area (Å²) in [5.74, 6) is 0.0852. The van der Waals surface area contributed by atoms with Crippen LogP contribution in [0.3, 0.4) is 0 Å². The molecule has 0 unspecified atom stereocenters. The number of carbonyl (C=O) groups excluding carboxylic acids is 2. The lowest BCUT2D eigenvalue weighted by Gasteiger charge is -2.38. The molecule has 4 rings (SSSR count). The number of carbonyl (C=O) groups is 2. The van der Waals surface area contributed by atoms with E-state index < -0.39 is 0 Å². The van der Waals surface area contributed by atoms with Gasteiger partial charge in [-0.1, -0.05) is 25.0 Å². The fourth-order valence-corrected chi connectivity index (χ4v) is 5.31. The predicted octanol–water partition coefficient (Wildman–Crippen LogP) is 2.28. The lowest BCUT2D eigenvalue weighted by molar-refractivity contribution is -0.147. The van der Waals surface area contributed by atoms with Crippen molar-refractivity contribution in [2.45, 2.75) is 44.2 Å². The van der Waals surface area contributed by atoms with Gasteiger partial charge in [0.1, 0.15) is 11.9 Å². The molecule has 6 nitrogen and oxygen atoms in total. The van der Waals surface area contributed by atoms with Crippen LogP contribution in [-0.4, -0.2) is 73.6 Å². The zero-order valence-electron chi connectivity index (χ0n) is 17.1. The van der Waals surface area contributed by atoms with Gasteiger partial charge in [-0.2, -0.15) is 0 Å². The SMILES string of the molecule is COC(=O)[C@H]1C[C@H]2CCCC[C@@H]2N1CC(=O)N1CCN(c2ccccc2F)CC1. The van der Waals surface area contributed by atoms with Crippen LogP contribution in [0.2, 0.25) is 0 Å². The van der Waals surface area contributed by atoms with E-state index in [1.165, 1.54) is 19.6 Å². The van der Waals surface area contributed by atoms with Crippen molar-refractivity contribution in [1.82, 2.24) is 9.80 Å². The molecule has 1 amide bonds. The number of rotatable bonds is 4. The molecule has 0 bridgehead atoms. The number of fused-ring (bicyclic) bond motifs is 1. The molecule has 3 aliphatic rings. The predicted molar refractivity (Wildman–Crippen MR) is 108 cm³/mol. The number of halogens is 1. The van der Waals surface area contributed by atoms with Crippen molar-refractivity contribution < 1.29 is 18.7 Å². The Kier molecular flexibility index (Phi) is 6.04. The van der Waals surface area contributed by atoms with Crippen molar-refractivity contribution in [3.05, 3.63) is 30.1 Å². The van der Waals surface area contributed by atoms with Gasteiger partial charge in [-0.15, -0.1) is 0 Å². The Hall–Kier alpha value is -2.15. The van der Waals surface area contributed by atoms with E-state index >= 15 is 0 Å². The number of amides is 1. The molecule has 1 aliphatic carbocycles. The lowest BCUT2D eigenvalue weighted by atomic mass is 9.85. The second-order valence-corrected chi connectivity index (χ2v) is 8.38. The van der Waals surface area contributed by atoms with Gasteiger partial charge >= 0.3 is 5.97 Å². The molecule has 7 heteroatoms. The van der Waals surface area contributed by atoms with E-state index in [1.54, 1.807) is 12.1 Å². The first-order chi connectivity index (χ1) is 14.1. The number of hydrogen-bond acceptors (Lipinski definition) is 5. The largest absolute Gasteiger partial charge is 0.468 e. The van der Waals surface area contributed by atoms with Gasteiger partial charge < -0.3 is 14.5 Å². The van der Waals surface area contributed by atoms with E-state index in [0.717, 1.165) is 25.7 Å². The van der Waals surface area contributed by atoms with E-state index in [4.69, 9.17) is 4.74 Å². The molecular weight excluding hydrogens is 373 g/mol. The second-order valence-electron chi connectivity index (χ2n) is 8.38. The maximum atomic E-state index is 14.0. The van der Waals surface area contributed by atoms with Crippen LogP contribution in [0.5, 0.6) is 0 Å². The first-order valence-corrected chi connectivity index (χ1v) is 10.7. The van der Waals surface area contributed by atoms with Crippen LogP contribution in [0, 0.1) is 11.7 Å². The normalized spacial score (nSPS) is 27.6. The molecular formula is C22H30FN3O3. The third kappa shape index (κ3) is 4.10. The van der Waals surface area contributed by atoms with Crippen LogP contribution in [0.4, 0.5) is 10.1 Å². The van der Waals surface area contributed by atoms with E-state index in [9.17, 15) is 14.0 Å². The smallest absolute Gasteiger partial charge is 0.323 e. The molecule has 2 heterocycles. The molecule has 3 atom stereocenters. The number of nitrogens with zero attached hydrogens (tertiary/aromatic N) is 3. The van der Waals surface area contributed by atoms with E-state index in [0.29, 0.717) is 43.8 Å². The monoisotopic (exact) mass is 403 g/mol.